The van der Waals surface area contributed by atoms with Gasteiger partial charge in [-0.1, -0.05) is 30.3 Å². The second kappa shape index (κ2) is 9.28. The molecule has 0 saturated carbocycles. The highest BCUT2D eigenvalue weighted by atomic mass is 19.3. The molecule has 168 valence electrons. The van der Waals surface area contributed by atoms with Gasteiger partial charge in [0.2, 0.25) is 5.91 Å². The molecule has 0 fully saturated rings. The number of benzene rings is 2. The molecular formula is C21H21F2N5O4. The molecule has 0 spiro atoms. The van der Waals surface area contributed by atoms with E-state index in [1.54, 1.807) is 0 Å². The van der Waals surface area contributed by atoms with Crippen LogP contribution < -0.4 is 19.7 Å². The number of aliphatic hydroxyl groups excluding tert-OH is 1. The maximum Gasteiger partial charge on any atom is 0.387 e. The molecule has 4 rings (SSSR count). The van der Waals surface area contributed by atoms with Gasteiger partial charge in [-0.3, -0.25) is 15.2 Å². The van der Waals surface area contributed by atoms with Crippen molar-refractivity contribution in [3.8, 4) is 11.5 Å². The Labute approximate surface area is 182 Å². The molecule has 1 amide bonds. The predicted molar refractivity (Wildman–Crippen MR) is 109 cm³/mol. The number of aromatic amines is 1. The first-order valence-corrected chi connectivity index (χ1v) is 9.79. The van der Waals surface area contributed by atoms with E-state index in [0.717, 1.165) is 5.56 Å². The monoisotopic (exact) mass is 445 g/mol. The number of H-pyrrole nitrogens is 1. The van der Waals surface area contributed by atoms with Crippen LogP contribution in [-0.2, 0) is 11.2 Å². The number of hydrogen-bond donors (Lipinski definition) is 3. The summed E-state index contributed by atoms with van der Waals surface area (Å²) in [6, 6.07) is 12.8. The van der Waals surface area contributed by atoms with E-state index in [1.165, 1.54) is 30.1 Å². The van der Waals surface area contributed by atoms with Crippen molar-refractivity contribution < 1.29 is 28.2 Å². The molecule has 0 radical (unpaired) electrons. The van der Waals surface area contributed by atoms with E-state index in [0.29, 0.717) is 18.0 Å². The highest BCUT2D eigenvalue weighted by Gasteiger charge is 2.32. The lowest BCUT2D eigenvalue weighted by atomic mass is 10.1. The van der Waals surface area contributed by atoms with Crippen molar-refractivity contribution in [1.82, 2.24) is 20.5 Å². The largest absolute Gasteiger partial charge is 0.489 e. The quantitative estimate of drug-likeness (QED) is 0.477. The standard InChI is InChI=1S/C21H21F2N5O4/c1-28-15-10-13(32-21(22)23)7-8-16(15)31-11-14(20(28)30)24-19(29)18-25-17(26-27-18)9-12-5-3-2-4-6-12/h2-8,10,14,19,21,24,29H,9,11H2,1H3,(H,25,26,27). The van der Waals surface area contributed by atoms with Crippen LogP contribution in [0.2, 0.25) is 0 Å². The molecule has 9 nitrogen and oxygen atoms in total. The van der Waals surface area contributed by atoms with Crippen molar-refractivity contribution >= 4 is 11.6 Å². The Morgan fingerprint density at radius 2 is 2.09 bits per heavy atom. The Morgan fingerprint density at radius 1 is 1.31 bits per heavy atom. The second-order valence-electron chi connectivity index (χ2n) is 7.14. The summed E-state index contributed by atoms with van der Waals surface area (Å²) in [6.07, 6.45) is -0.826. The minimum Gasteiger partial charge on any atom is -0.489 e. The van der Waals surface area contributed by atoms with Crippen LogP contribution in [0.15, 0.2) is 48.5 Å². The number of alkyl halides is 2. The number of nitrogens with one attached hydrogen (secondary N) is 2. The molecule has 1 aliphatic rings. The van der Waals surface area contributed by atoms with E-state index in [-0.39, 0.29) is 23.9 Å². The SMILES string of the molecule is CN1C(=O)C(NC(O)c2n[nH]c(Cc3ccccc3)n2)COc2ccc(OC(F)F)cc21. The Balaban J connectivity index is 1.44. The minimum atomic E-state index is -2.99. The van der Waals surface area contributed by atoms with Gasteiger partial charge in [0.25, 0.3) is 0 Å². The Kier molecular flexibility index (Phi) is 6.28. The number of halogens is 2. The molecule has 2 aromatic carbocycles. The number of aliphatic hydroxyl groups is 1. The van der Waals surface area contributed by atoms with Crippen molar-refractivity contribution in [1.29, 1.82) is 0 Å². The van der Waals surface area contributed by atoms with Gasteiger partial charge >= 0.3 is 6.61 Å². The number of hydrogen-bond acceptors (Lipinski definition) is 7. The molecular weight excluding hydrogens is 424 g/mol. The van der Waals surface area contributed by atoms with Gasteiger partial charge in [-0.15, -0.1) is 0 Å². The molecule has 1 aliphatic heterocycles. The number of nitrogens with zero attached hydrogens (tertiary/aromatic N) is 3. The van der Waals surface area contributed by atoms with Gasteiger partial charge in [-0.05, 0) is 17.7 Å². The lowest BCUT2D eigenvalue weighted by Crippen LogP contribution is -2.48. The Hall–Kier alpha value is -3.57. The maximum atomic E-state index is 12.9. The first-order chi connectivity index (χ1) is 15.4. The minimum absolute atomic E-state index is 0.0840. The average molecular weight is 445 g/mol. The first-order valence-electron chi connectivity index (χ1n) is 9.79. The van der Waals surface area contributed by atoms with Gasteiger partial charge in [0.15, 0.2) is 12.1 Å². The third kappa shape index (κ3) is 4.84. The van der Waals surface area contributed by atoms with Crippen LogP contribution in [0.25, 0.3) is 0 Å². The number of amides is 1. The van der Waals surface area contributed by atoms with Gasteiger partial charge in [0.05, 0.1) is 5.69 Å². The first kappa shape index (κ1) is 21.7. The van der Waals surface area contributed by atoms with Crippen molar-refractivity contribution in [3.05, 3.63) is 65.7 Å². The van der Waals surface area contributed by atoms with Crippen molar-refractivity contribution in [3.63, 3.8) is 0 Å². The summed E-state index contributed by atoms with van der Waals surface area (Å²) in [4.78, 5) is 18.4. The van der Waals surface area contributed by atoms with Crippen LogP contribution in [0.1, 0.15) is 23.4 Å². The van der Waals surface area contributed by atoms with E-state index < -0.39 is 24.8 Å². The molecule has 2 unspecified atom stereocenters. The summed E-state index contributed by atoms with van der Waals surface area (Å²) < 4.78 is 35.1. The number of aromatic nitrogens is 3. The smallest absolute Gasteiger partial charge is 0.387 e. The number of anilines is 1. The zero-order chi connectivity index (χ0) is 22.7. The zero-order valence-corrected chi connectivity index (χ0v) is 17.0. The second-order valence-corrected chi connectivity index (χ2v) is 7.14. The molecule has 0 aliphatic carbocycles. The summed E-state index contributed by atoms with van der Waals surface area (Å²) >= 11 is 0. The lowest BCUT2D eigenvalue weighted by molar-refractivity contribution is -0.121. The number of fused-ring (bicyclic) bond motifs is 1. The third-order valence-electron chi connectivity index (χ3n) is 4.92. The number of rotatable bonds is 7. The number of carbonyl (C=O) groups is 1. The fourth-order valence-electron chi connectivity index (χ4n) is 3.34. The van der Waals surface area contributed by atoms with Crippen LogP contribution in [0.4, 0.5) is 14.5 Å². The van der Waals surface area contributed by atoms with E-state index in [9.17, 15) is 18.7 Å². The molecule has 11 heteroatoms. The Bertz CT molecular complexity index is 1080. The molecule has 32 heavy (non-hydrogen) atoms. The van der Waals surface area contributed by atoms with Crippen LogP contribution in [0, 0.1) is 0 Å². The average Bonchev–Trinajstić information content (AvgIpc) is 3.21. The highest BCUT2D eigenvalue weighted by molar-refractivity contribution is 5.99. The van der Waals surface area contributed by atoms with E-state index in [1.807, 2.05) is 30.3 Å². The zero-order valence-electron chi connectivity index (χ0n) is 17.0. The molecule has 3 aromatic rings. The normalized spacial score (nSPS) is 17.0. The topological polar surface area (TPSA) is 113 Å². The maximum absolute atomic E-state index is 12.9. The fourth-order valence-corrected chi connectivity index (χ4v) is 3.34. The van der Waals surface area contributed by atoms with E-state index in [2.05, 4.69) is 25.2 Å². The fraction of sp³-hybridized carbons (Fsp3) is 0.286. The van der Waals surface area contributed by atoms with Gasteiger partial charge < -0.3 is 19.5 Å². The number of ether oxygens (including phenoxy) is 2. The Morgan fingerprint density at radius 3 is 2.84 bits per heavy atom. The summed E-state index contributed by atoms with van der Waals surface area (Å²) in [7, 11) is 1.48. The van der Waals surface area contributed by atoms with Crippen LogP contribution >= 0.6 is 0 Å². The molecule has 2 heterocycles. The van der Waals surface area contributed by atoms with Gasteiger partial charge in [0.1, 0.15) is 30.0 Å². The molecule has 2 atom stereocenters. The van der Waals surface area contributed by atoms with Crippen LogP contribution in [-0.4, -0.2) is 52.5 Å². The number of carbonyl (C=O) groups excluding carboxylic acids is 1. The molecule has 0 bridgehead atoms. The summed E-state index contributed by atoms with van der Waals surface area (Å²) in [6.45, 7) is -3.08. The van der Waals surface area contributed by atoms with Gasteiger partial charge in [-0.25, -0.2) is 4.98 Å². The summed E-state index contributed by atoms with van der Waals surface area (Å²) in [5.74, 6) is 0.439. The van der Waals surface area contributed by atoms with E-state index >= 15 is 0 Å². The molecule has 0 saturated heterocycles. The highest BCUT2D eigenvalue weighted by Crippen LogP contribution is 2.34. The lowest BCUT2D eigenvalue weighted by Gasteiger charge is -2.22. The summed E-state index contributed by atoms with van der Waals surface area (Å²) in [5.41, 5.74) is 1.30. The third-order valence-corrected chi connectivity index (χ3v) is 4.92. The number of likely N-dealkylation sites (N-methyl/N-ethyl adjacent to an activating group) is 1. The van der Waals surface area contributed by atoms with Crippen LogP contribution in [0.3, 0.4) is 0 Å². The van der Waals surface area contributed by atoms with Crippen molar-refractivity contribution in [2.24, 2.45) is 0 Å². The van der Waals surface area contributed by atoms with Crippen molar-refractivity contribution in [2.75, 3.05) is 18.6 Å². The van der Waals surface area contributed by atoms with Gasteiger partial charge in [-0.2, -0.15) is 13.9 Å². The van der Waals surface area contributed by atoms with Gasteiger partial charge in [0, 0.05) is 19.5 Å². The predicted octanol–water partition coefficient (Wildman–Crippen LogP) is 2.00. The summed E-state index contributed by atoms with van der Waals surface area (Å²) in [5, 5.41) is 20.1. The molecule has 1 aromatic heterocycles. The molecule has 3 N–H and O–H groups in total. The van der Waals surface area contributed by atoms with Crippen molar-refractivity contribution in [2.45, 2.75) is 25.3 Å². The van der Waals surface area contributed by atoms with Crippen LogP contribution in [0.5, 0.6) is 11.5 Å². The van der Waals surface area contributed by atoms with E-state index in [4.69, 9.17) is 4.74 Å².